The van der Waals surface area contributed by atoms with Gasteiger partial charge in [0.05, 0.1) is 17.4 Å². The number of aromatic nitrogens is 2. The number of carbonyl (C=O) groups excluding carboxylic acids is 1. The number of carbonyl (C=O) groups is 1. The van der Waals surface area contributed by atoms with Gasteiger partial charge in [0.2, 0.25) is 0 Å². The Morgan fingerprint density at radius 2 is 2.04 bits per heavy atom. The van der Waals surface area contributed by atoms with E-state index in [0.717, 1.165) is 16.6 Å². The van der Waals surface area contributed by atoms with Gasteiger partial charge in [-0.05, 0) is 30.2 Å². The molecule has 1 aromatic heterocycles. The Kier molecular flexibility index (Phi) is 4.68. The van der Waals surface area contributed by atoms with E-state index in [0.29, 0.717) is 18.5 Å². The summed E-state index contributed by atoms with van der Waals surface area (Å²) in [5.74, 6) is -0.0265. The van der Waals surface area contributed by atoms with Crippen molar-refractivity contribution in [2.24, 2.45) is 0 Å². The summed E-state index contributed by atoms with van der Waals surface area (Å²) in [5.41, 5.74) is 3.39. The quantitative estimate of drug-likeness (QED) is 0.654. The first-order valence-corrected chi connectivity index (χ1v) is 7.65. The minimum atomic E-state index is -0.125. The molecule has 0 saturated carbocycles. The van der Waals surface area contributed by atoms with Gasteiger partial charge in [-0.15, -0.1) is 0 Å². The Balaban J connectivity index is 1.68. The molecule has 5 nitrogen and oxygen atoms in total. The van der Waals surface area contributed by atoms with Crippen molar-refractivity contribution < 1.29 is 9.90 Å². The largest absolute Gasteiger partial charge is 0.396 e. The van der Waals surface area contributed by atoms with Crippen molar-refractivity contribution in [1.29, 1.82) is 0 Å². The SMILES string of the molecule is O=C(NCC(CCO)c1ccccc1)c1ccc2nc[nH]c2c1. The predicted molar refractivity (Wildman–Crippen MR) is 89.3 cm³/mol. The maximum absolute atomic E-state index is 12.3. The number of imidazole rings is 1. The molecule has 3 N–H and O–H groups in total. The second kappa shape index (κ2) is 7.07. The number of H-pyrrole nitrogens is 1. The fourth-order valence-corrected chi connectivity index (χ4v) is 2.66. The van der Waals surface area contributed by atoms with Crippen LogP contribution in [0.3, 0.4) is 0 Å². The van der Waals surface area contributed by atoms with Crippen molar-refractivity contribution in [3.63, 3.8) is 0 Å². The molecular weight excluding hydrogens is 290 g/mol. The molecule has 3 rings (SSSR count). The van der Waals surface area contributed by atoms with Crippen LogP contribution >= 0.6 is 0 Å². The van der Waals surface area contributed by atoms with Gasteiger partial charge in [-0.2, -0.15) is 0 Å². The monoisotopic (exact) mass is 309 g/mol. The Hall–Kier alpha value is -2.66. The highest BCUT2D eigenvalue weighted by Crippen LogP contribution is 2.18. The summed E-state index contributed by atoms with van der Waals surface area (Å²) in [6.45, 7) is 0.583. The van der Waals surface area contributed by atoms with Crippen molar-refractivity contribution in [3.05, 3.63) is 66.0 Å². The van der Waals surface area contributed by atoms with Crippen LogP contribution in [-0.4, -0.2) is 34.1 Å². The molecule has 0 aliphatic heterocycles. The van der Waals surface area contributed by atoms with Crippen LogP contribution in [0.15, 0.2) is 54.9 Å². The summed E-state index contributed by atoms with van der Waals surface area (Å²) >= 11 is 0. The van der Waals surface area contributed by atoms with E-state index in [1.807, 2.05) is 36.4 Å². The number of hydrogen-bond donors (Lipinski definition) is 3. The molecule has 0 saturated heterocycles. The number of rotatable bonds is 6. The molecule has 0 aliphatic carbocycles. The molecule has 1 unspecified atom stereocenters. The van der Waals surface area contributed by atoms with E-state index in [9.17, 15) is 9.90 Å². The lowest BCUT2D eigenvalue weighted by Gasteiger charge is -2.17. The minimum absolute atomic E-state index is 0.0928. The fourth-order valence-electron chi connectivity index (χ4n) is 2.66. The number of aromatic amines is 1. The Morgan fingerprint density at radius 1 is 1.22 bits per heavy atom. The smallest absolute Gasteiger partial charge is 0.251 e. The number of fused-ring (bicyclic) bond motifs is 1. The number of aliphatic hydroxyl groups excluding tert-OH is 1. The lowest BCUT2D eigenvalue weighted by molar-refractivity contribution is 0.0949. The summed E-state index contributed by atoms with van der Waals surface area (Å²) in [7, 11) is 0. The van der Waals surface area contributed by atoms with Crippen LogP contribution in [0.1, 0.15) is 28.3 Å². The van der Waals surface area contributed by atoms with Crippen molar-refractivity contribution in [2.75, 3.05) is 13.2 Å². The number of hydrogen-bond acceptors (Lipinski definition) is 3. The zero-order valence-corrected chi connectivity index (χ0v) is 12.7. The number of benzene rings is 2. The lowest BCUT2D eigenvalue weighted by Crippen LogP contribution is -2.28. The fraction of sp³-hybridized carbons (Fsp3) is 0.222. The van der Waals surface area contributed by atoms with Gasteiger partial charge in [0.15, 0.2) is 0 Å². The minimum Gasteiger partial charge on any atom is -0.396 e. The maximum Gasteiger partial charge on any atom is 0.251 e. The van der Waals surface area contributed by atoms with Crippen LogP contribution in [0.2, 0.25) is 0 Å². The van der Waals surface area contributed by atoms with E-state index >= 15 is 0 Å². The molecule has 0 fully saturated rings. The van der Waals surface area contributed by atoms with E-state index in [-0.39, 0.29) is 18.4 Å². The highest BCUT2D eigenvalue weighted by Gasteiger charge is 2.13. The van der Waals surface area contributed by atoms with Crippen LogP contribution in [-0.2, 0) is 0 Å². The molecule has 1 amide bonds. The third-order valence-corrected chi connectivity index (χ3v) is 3.94. The Bertz CT molecular complexity index is 783. The van der Waals surface area contributed by atoms with Gasteiger partial charge >= 0.3 is 0 Å². The van der Waals surface area contributed by atoms with E-state index in [1.54, 1.807) is 18.5 Å². The highest BCUT2D eigenvalue weighted by molar-refractivity contribution is 5.97. The molecule has 1 atom stereocenters. The molecular formula is C18H19N3O2. The van der Waals surface area contributed by atoms with Gasteiger partial charge in [-0.3, -0.25) is 4.79 Å². The zero-order chi connectivity index (χ0) is 16.1. The van der Waals surface area contributed by atoms with Crippen molar-refractivity contribution in [1.82, 2.24) is 15.3 Å². The summed E-state index contributed by atoms with van der Waals surface area (Å²) in [5, 5.41) is 12.2. The van der Waals surface area contributed by atoms with Crippen LogP contribution < -0.4 is 5.32 Å². The first-order valence-electron chi connectivity index (χ1n) is 7.65. The number of aliphatic hydroxyl groups is 1. The summed E-state index contributed by atoms with van der Waals surface area (Å²) in [6, 6.07) is 15.3. The highest BCUT2D eigenvalue weighted by atomic mass is 16.3. The molecule has 1 heterocycles. The third-order valence-electron chi connectivity index (χ3n) is 3.94. The van der Waals surface area contributed by atoms with Crippen LogP contribution in [0.4, 0.5) is 0 Å². The van der Waals surface area contributed by atoms with Crippen molar-refractivity contribution in [2.45, 2.75) is 12.3 Å². The number of amides is 1. The van der Waals surface area contributed by atoms with Crippen LogP contribution in [0.5, 0.6) is 0 Å². The van der Waals surface area contributed by atoms with Gasteiger partial charge in [-0.1, -0.05) is 30.3 Å². The third kappa shape index (κ3) is 3.57. The molecule has 118 valence electrons. The van der Waals surface area contributed by atoms with E-state index in [2.05, 4.69) is 15.3 Å². The molecule has 5 heteroatoms. The van der Waals surface area contributed by atoms with E-state index < -0.39 is 0 Å². The van der Waals surface area contributed by atoms with Crippen LogP contribution in [0, 0.1) is 0 Å². The van der Waals surface area contributed by atoms with Crippen molar-refractivity contribution >= 4 is 16.9 Å². The maximum atomic E-state index is 12.3. The van der Waals surface area contributed by atoms with Gasteiger partial charge in [-0.25, -0.2) is 4.98 Å². The molecule has 0 bridgehead atoms. The average Bonchev–Trinajstić information content (AvgIpc) is 3.06. The summed E-state index contributed by atoms with van der Waals surface area (Å²) < 4.78 is 0. The normalized spacial score (nSPS) is 12.2. The lowest BCUT2D eigenvalue weighted by atomic mass is 9.96. The second-order valence-corrected chi connectivity index (χ2v) is 5.46. The van der Waals surface area contributed by atoms with E-state index in [4.69, 9.17) is 0 Å². The van der Waals surface area contributed by atoms with Gasteiger partial charge in [0.1, 0.15) is 0 Å². The molecule has 0 radical (unpaired) electrons. The van der Waals surface area contributed by atoms with Gasteiger partial charge in [0, 0.05) is 24.6 Å². The average molecular weight is 309 g/mol. The predicted octanol–water partition coefficient (Wildman–Crippen LogP) is 2.46. The molecule has 0 aliphatic rings. The van der Waals surface area contributed by atoms with E-state index in [1.165, 1.54) is 0 Å². The molecule has 23 heavy (non-hydrogen) atoms. The zero-order valence-electron chi connectivity index (χ0n) is 12.7. The molecule has 2 aromatic carbocycles. The number of nitrogens with one attached hydrogen (secondary N) is 2. The summed E-state index contributed by atoms with van der Waals surface area (Å²) in [4.78, 5) is 19.5. The number of nitrogens with zero attached hydrogens (tertiary/aromatic N) is 1. The van der Waals surface area contributed by atoms with Gasteiger partial charge in [0.25, 0.3) is 5.91 Å². The Labute approximate surface area is 134 Å². The summed E-state index contributed by atoms with van der Waals surface area (Å²) in [6.07, 6.45) is 2.23. The van der Waals surface area contributed by atoms with Gasteiger partial charge < -0.3 is 15.4 Å². The second-order valence-electron chi connectivity index (χ2n) is 5.46. The van der Waals surface area contributed by atoms with Crippen LogP contribution in [0.25, 0.3) is 11.0 Å². The topological polar surface area (TPSA) is 78.0 Å². The van der Waals surface area contributed by atoms with Crippen molar-refractivity contribution in [3.8, 4) is 0 Å². The Morgan fingerprint density at radius 3 is 2.83 bits per heavy atom. The first kappa shape index (κ1) is 15.2. The standard InChI is InChI=1S/C18H19N3O2/c22-9-8-15(13-4-2-1-3-5-13)11-19-18(23)14-6-7-16-17(10-14)21-12-20-16/h1-7,10,12,15,22H,8-9,11H2,(H,19,23)(H,20,21). The molecule has 3 aromatic rings. The first-order chi connectivity index (χ1) is 11.3. The molecule has 0 spiro atoms.